The van der Waals surface area contributed by atoms with Gasteiger partial charge in [-0.1, -0.05) is 18.2 Å². The van der Waals surface area contributed by atoms with Crippen molar-refractivity contribution in [2.24, 2.45) is 10.2 Å². The van der Waals surface area contributed by atoms with Gasteiger partial charge in [-0.05, 0) is 19.9 Å². The minimum absolute atomic E-state index is 0.0148. The highest BCUT2D eigenvalue weighted by Gasteiger charge is 2.19. The van der Waals surface area contributed by atoms with Crippen LogP contribution < -0.4 is 4.90 Å². The van der Waals surface area contributed by atoms with Gasteiger partial charge >= 0.3 is 0 Å². The fourth-order valence-corrected chi connectivity index (χ4v) is 4.31. The number of ether oxygens (including phenoxy) is 1. The van der Waals surface area contributed by atoms with E-state index in [0.717, 1.165) is 29.1 Å². The first-order chi connectivity index (χ1) is 14.0. The van der Waals surface area contributed by atoms with Crippen LogP contribution in [0.25, 0.3) is 10.9 Å². The molecule has 1 aliphatic rings. The van der Waals surface area contributed by atoms with E-state index in [1.54, 1.807) is 4.57 Å². The number of anilines is 1. The number of amides is 1. The molecule has 1 N–H and O–H groups in total. The Bertz CT molecular complexity index is 1050. The molecule has 0 unspecified atom stereocenters. The van der Waals surface area contributed by atoms with E-state index in [4.69, 9.17) is 4.74 Å². The summed E-state index contributed by atoms with van der Waals surface area (Å²) in [4.78, 5) is 19.0. The maximum Gasteiger partial charge on any atom is 0.270 e. The fourth-order valence-electron chi connectivity index (χ4n) is 3.43. The number of nitrogens with zero attached hydrogens (tertiary/aromatic N) is 5. The van der Waals surface area contributed by atoms with Crippen molar-refractivity contribution < 1.29 is 14.6 Å². The molecule has 8 nitrogen and oxygen atoms in total. The topological polar surface area (TPSA) is 92.3 Å². The molecule has 1 amide bonds. The van der Waals surface area contributed by atoms with Gasteiger partial charge in [0, 0.05) is 29.9 Å². The molecular formula is C20H23N5O3S. The van der Waals surface area contributed by atoms with E-state index < -0.39 is 5.91 Å². The van der Waals surface area contributed by atoms with Crippen molar-refractivity contribution in [2.45, 2.75) is 26.3 Å². The largest absolute Gasteiger partial charge is 0.493 e. The predicted octanol–water partition coefficient (Wildman–Crippen LogP) is 4.07. The van der Waals surface area contributed by atoms with Crippen molar-refractivity contribution >= 4 is 39.0 Å². The summed E-state index contributed by atoms with van der Waals surface area (Å²) in [6.45, 7) is 6.95. The van der Waals surface area contributed by atoms with Crippen molar-refractivity contribution in [1.29, 1.82) is 0 Å². The van der Waals surface area contributed by atoms with E-state index in [-0.39, 0.29) is 18.3 Å². The van der Waals surface area contributed by atoms with Crippen LogP contribution in [-0.2, 0) is 16.0 Å². The number of aromatic hydroxyl groups is 1. The molecule has 9 heteroatoms. The summed E-state index contributed by atoms with van der Waals surface area (Å²) in [5, 5.41) is 22.1. The Morgan fingerprint density at radius 3 is 2.83 bits per heavy atom. The molecule has 0 bridgehead atoms. The van der Waals surface area contributed by atoms with Gasteiger partial charge in [0.1, 0.15) is 0 Å². The molecule has 1 aliphatic heterocycles. The Balaban J connectivity index is 1.51. The molecule has 3 heterocycles. The maximum atomic E-state index is 12.3. The van der Waals surface area contributed by atoms with Crippen molar-refractivity contribution in [3.63, 3.8) is 0 Å². The molecule has 4 rings (SSSR count). The van der Waals surface area contributed by atoms with Gasteiger partial charge in [-0.2, -0.15) is 0 Å². The number of para-hydroxylation sites is 1. The van der Waals surface area contributed by atoms with E-state index >= 15 is 0 Å². The first-order valence-corrected chi connectivity index (χ1v) is 10.5. The van der Waals surface area contributed by atoms with Crippen LogP contribution in [0.4, 0.5) is 10.8 Å². The summed E-state index contributed by atoms with van der Waals surface area (Å²) >= 11 is 1.51. The fraction of sp³-hybridized carbons (Fsp3) is 0.400. The number of thiazole rings is 1. The molecule has 1 saturated heterocycles. The highest BCUT2D eigenvalue weighted by molar-refractivity contribution is 7.13. The van der Waals surface area contributed by atoms with Gasteiger partial charge in [-0.3, -0.25) is 4.79 Å². The predicted molar refractivity (Wildman–Crippen MR) is 112 cm³/mol. The Hall–Kier alpha value is -2.78. The minimum Gasteiger partial charge on any atom is -0.493 e. The lowest BCUT2D eigenvalue weighted by molar-refractivity contribution is -0.117. The standard InChI is InChI=1S/C20H23N5O3S/c1-13(2)25-16-6-4-3-5-15(16)18(19(25)27)23-22-17(26)11-14-12-29-20(21-14)24-7-9-28-10-8-24/h3-6,12-13,27H,7-11H2,1-2H3. The second-order valence-electron chi connectivity index (χ2n) is 7.14. The molecule has 0 aliphatic carbocycles. The second-order valence-corrected chi connectivity index (χ2v) is 7.98. The third-order valence-electron chi connectivity index (χ3n) is 4.79. The average molecular weight is 414 g/mol. The van der Waals surface area contributed by atoms with Crippen LogP contribution in [0.1, 0.15) is 25.6 Å². The highest BCUT2D eigenvalue weighted by Crippen LogP contribution is 2.40. The summed E-state index contributed by atoms with van der Waals surface area (Å²) < 4.78 is 7.14. The number of hydrogen-bond donors (Lipinski definition) is 1. The van der Waals surface area contributed by atoms with E-state index in [1.807, 2.05) is 43.5 Å². The summed E-state index contributed by atoms with van der Waals surface area (Å²) in [5.41, 5.74) is 1.85. The van der Waals surface area contributed by atoms with Crippen LogP contribution >= 0.6 is 11.3 Å². The molecule has 0 saturated carbocycles. The Kier molecular flexibility index (Phi) is 5.59. The molecule has 1 fully saturated rings. The van der Waals surface area contributed by atoms with Gasteiger partial charge in [-0.15, -0.1) is 21.6 Å². The van der Waals surface area contributed by atoms with Crippen molar-refractivity contribution in [2.75, 3.05) is 31.2 Å². The van der Waals surface area contributed by atoms with Gasteiger partial charge in [0.15, 0.2) is 10.8 Å². The van der Waals surface area contributed by atoms with Crippen LogP contribution in [0.3, 0.4) is 0 Å². The summed E-state index contributed by atoms with van der Waals surface area (Å²) in [5.74, 6) is -0.384. The third-order valence-corrected chi connectivity index (χ3v) is 5.74. The number of carbonyl (C=O) groups is 1. The van der Waals surface area contributed by atoms with Gasteiger partial charge < -0.3 is 19.3 Å². The molecule has 0 radical (unpaired) electrons. The normalized spacial score (nSPS) is 15.1. The molecule has 0 atom stereocenters. The first-order valence-electron chi connectivity index (χ1n) is 9.58. The minimum atomic E-state index is -0.399. The molecule has 3 aromatic rings. The van der Waals surface area contributed by atoms with Crippen LogP contribution in [0.15, 0.2) is 39.9 Å². The van der Waals surface area contributed by atoms with Crippen molar-refractivity contribution in [3.8, 4) is 5.88 Å². The number of fused-ring (bicyclic) bond motifs is 1. The highest BCUT2D eigenvalue weighted by atomic mass is 32.1. The van der Waals surface area contributed by atoms with Gasteiger partial charge in [0.25, 0.3) is 5.91 Å². The smallest absolute Gasteiger partial charge is 0.270 e. The molecule has 2 aromatic heterocycles. The quantitative estimate of drug-likeness (QED) is 0.637. The van der Waals surface area contributed by atoms with Crippen LogP contribution in [0.2, 0.25) is 0 Å². The van der Waals surface area contributed by atoms with Gasteiger partial charge in [0.2, 0.25) is 5.88 Å². The van der Waals surface area contributed by atoms with E-state index in [1.165, 1.54) is 11.3 Å². The Morgan fingerprint density at radius 2 is 2.07 bits per heavy atom. The zero-order chi connectivity index (χ0) is 20.4. The summed E-state index contributed by atoms with van der Waals surface area (Å²) in [6, 6.07) is 7.60. The van der Waals surface area contributed by atoms with Gasteiger partial charge in [0.05, 0.1) is 30.8 Å². The van der Waals surface area contributed by atoms with Crippen LogP contribution in [-0.4, -0.2) is 46.9 Å². The monoisotopic (exact) mass is 413 g/mol. The third kappa shape index (κ3) is 4.01. The Morgan fingerprint density at radius 1 is 1.31 bits per heavy atom. The number of azo groups is 1. The maximum absolute atomic E-state index is 12.3. The van der Waals surface area contributed by atoms with Crippen LogP contribution in [0.5, 0.6) is 5.88 Å². The molecular weight excluding hydrogens is 390 g/mol. The number of carbonyl (C=O) groups excluding carboxylic acids is 1. The lowest BCUT2D eigenvalue weighted by Crippen LogP contribution is -2.36. The SMILES string of the molecule is CC(C)n1c(O)c(N=NC(=O)Cc2csc(N3CCOCC3)n2)c2ccccc21. The number of rotatable bonds is 5. The van der Waals surface area contributed by atoms with Crippen LogP contribution in [0, 0.1) is 0 Å². The average Bonchev–Trinajstić information content (AvgIpc) is 3.29. The van der Waals surface area contributed by atoms with E-state index in [9.17, 15) is 9.90 Å². The molecule has 0 spiro atoms. The number of hydrogen-bond acceptors (Lipinski definition) is 7. The molecule has 1 aromatic carbocycles. The van der Waals surface area contributed by atoms with Gasteiger partial charge in [-0.25, -0.2) is 4.98 Å². The second kappa shape index (κ2) is 8.30. The number of aromatic nitrogens is 2. The van der Waals surface area contributed by atoms with Crippen molar-refractivity contribution in [3.05, 3.63) is 35.3 Å². The van der Waals surface area contributed by atoms with E-state index in [2.05, 4.69) is 20.1 Å². The first kappa shape index (κ1) is 19.5. The number of benzene rings is 1. The zero-order valence-corrected chi connectivity index (χ0v) is 17.2. The number of morpholine rings is 1. The lowest BCUT2D eigenvalue weighted by atomic mass is 10.2. The summed E-state index contributed by atoms with van der Waals surface area (Å²) in [6.07, 6.45) is 0.0773. The molecule has 29 heavy (non-hydrogen) atoms. The lowest BCUT2D eigenvalue weighted by Gasteiger charge is -2.25. The zero-order valence-electron chi connectivity index (χ0n) is 16.4. The summed E-state index contributed by atoms with van der Waals surface area (Å²) in [7, 11) is 0. The Labute approximate surface area is 172 Å². The van der Waals surface area contributed by atoms with E-state index in [0.29, 0.717) is 24.6 Å². The van der Waals surface area contributed by atoms with Crippen molar-refractivity contribution in [1.82, 2.24) is 9.55 Å². The molecule has 152 valence electrons.